The second kappa shape index (κ2) is 5.15. The summed E-state index contributed by atoms with van der Waals surface area (Å²) in [4.78, 5) is 9.22. The first-order valence-corrected chi connectivity index (χ1v) is 5.83. The van der Waals surface area contributed by atoms with E-state index in [1.807, 2.05) is 0 Å². The molecule has 0 aliphatic carbocycles. The van der Waals surface area contributed by atoms with Crippen LogP contribution in [0.2, 0.25) is 0 Å². The van der Waals surface area contributed by atoms with Gasteiger partial charge in [0.15, 0.2) is 0 Å². The molecule has 1 aromatic carbocycles. The van der Waals surface area contributed by atoms with Gasteiger partial charge in [-0.1, -0.05) is 6.07 Å². The normalized spacial score (nSPS) is 11.7. The second-order valence-electron chi connectivity index (χ2n) is 3.00. The van der Waals surface area contributed by atoms with Crippen molar-refractivity contribution in [1.29, 1.82) is 0 Å². The summed E-state index contributed by atoms with van der Waals surface area (Å²) in [7, 11) is -4.15. The number of nitro groups is 1. The summed E-state index contributed by atoms with van der Waals surface area (Å²) in [5, 5.41) is 10.4. The van der Waals surface area contributed by atoms with Crippen molar-refractivity contribution in [2.75, 3.05) is 6.54 Å². The third-order valence-electron chi connectivity index (χ3n) is 1.77. The number of alkyl halides is 2. The van der Waals surface area contributed by atoms with E-state index in [2.05, 4.69) is 0 Å². The van der Waals surface area contributed by atoms with Crippen molar-refractivity contribution < 1.29 is 22.1 Å². The molecule has 17 heavy (non-hydrogen) atoms. The number of hydrogen-bond donors (Lipinski definition) is 1. The Morgan fingerprint density at radius 3 is 2.59 bits per heavy atom. The molecule has 94 valence electrons. The van der Waals surface area contributed by atoms with E-state index in [0.717, 1.165) is 24.3 Å². The maximum Gasteiger partial charge on any atom is 0.270 e. The molecule has 0 amide bonds. The molecular formula is C8H8F2N2O4S. The van der Waals surface area contributed by atoms with Crippen LogP contribution >= 0.6 is 0 Å². The summed E-state index contributed by atoms with van der Waals surface area (Å²) in [6, 6.07) is 4.15. The Labute approximate surface area is 95.5 Å². The van der Waals surface area contributed by atoms with Gasteiger partial charge in [-0.3, -0.25) is 10.1 Å². The number of nitrogens with zero attached hydrogens (tertiary/aromatic N) is 1. The minimum absolute atomic E-state index is 0.424. The zero-order chi connectivity index (χ0) is 13.1. The second-order valence-corrected chi connectivity index (χ2v) is 4.76. The Morgan fingerprint density at radius 2 is 2.06 bits per heavy atom. The van der Waals surface area contributed by atoms with Crippen LogP contribution in [0, 0.1) is 10.1 Å². The number of nitro benzene ring substituents is 1. The number of non-ortho nitro benzene ring substituents is 1. The van der Waals surface area contributed by atoms with Crippen molar-refractivity contribution in [3.05, 3.63) is 34.4 Å². The minimum Gasteiger partial charge on any atom is -0.258 e. The number of rotatable bonds is 5. The molecule has 9 heteroatoms. The Balaban J connectivity index is 2.99. The van der Waals surface area contributed by atoms with Gasteiger partial charge in [0.1, 0.15) is 0 Å². The van der Waals surface area contributed by atoms with Crippen molar-refractivity contribution in [2.45, 2.75) is 11.3 Å². The summed E-state index contributed by atoms with van der Waals surface area (Å²) >= 11 is 0. The van der Waals surface area contributed by atoms with Crippen LogP contribution in [0.1, 0.15) is 0 Å². The van der Waals surface area contributed by atoms with Crippen LogP contribution in [0.25, 0.3) is 0 Å². The molecule has 0 saturated carbocycles. The highest BCUT2D eigenvalue weighted by molar-refractivity contribution is 7.89. The van der Waals surface area contributed by atoms with E-state index < -0.39 is 38.5 Å². The lowest BCUT2D eigenvalue weighted by atomic mass is 10.3. The monoisotopic (exact) mass is 266 g/mol. The molecule has 0 bridgehead atoms. The van der Waals surface area contributed by atoms with E-state index >= 15 is 0 Å². The van der Waals surface area contributed by atoms with E-state index in [1.165, 1.54) is 0 Å². The zero-order valence-electron chi connectivity index (χ0n) is 8.34. The van der Waals surface area contributed by atoms with Gasteiger partial charge in [0.05, 0.1) is 16.4 Å². The lowest BCUT2D eigenvalue weighted by Crippen LogP contribution is -2.28. The van der Waals surface area contributed by atoms with Gasteiger partial charge in [0.2, 0.25) is 10.0 Å². The Hall–Kier alpha value is -1.61. The quantitative estimate of drug-likeness (QED) is 0.639. The van der Waals surface area contributed by atoms with Gasteiger partial charge in [-0.2, -0.15) is 0 Å². The molecule has 0 atom stereocenters. The first-order valence-electron chi connectivity index (χ1n) is 4.35. The van der Waals surface area contributed by atoms with Gasteiger partial charge < -0.3 is 0 Å². The maximum atomic E-state index is 11.9. The number of sulfonamides is 1. The molecular weight excluding hydrogens is 258 g/mol. The fourth-order valence-corrected chi connectivity index (χ4v) is 2.07. The smallest absolute Gasteiger partial charge is 0.258 e. The molecule has 0 aromatic heterocycles. The average Bonchev–Trinajstić information content (AvgIpc) is 2.27. The number of hydrogen-bond acceptors (Lipinski definition) is 4. The third-order valence-corrected chi connectivity index (χ3v) is 3.19. The van der Waals surface area contributed by atoms with Gasteiger partial charge in [-0.05, 0) is 6.07 Å². The van der Waals surface area contributed by atoms with E-state index in [-0.39, 0.29) is 0 Å². The molecule has 0 aliphatic rings. The molecule has 6 nitrogen and oxygen atoms in total. The van der Waals surface area contributed by atoms with Crippen LogP contribution in [0.3, 0.4) is 0 Å². The molecule has 0 radical (unpaired) electrons. The standard InChI is InChI=1S/C8H8F2N2O4S/c9-8(10)5-11-17(15,16)7-3-1-2-6(4-7)12(13)14/h1-4,8,11H,5H2. The van der Waals surface area contributed by atoms with E-state index in [0.29, 0.717) is 0 Å². The van der Waals surface area contributed by atoms with Crippen LogP contribution in [0.15, 0.2) is 29.2 Å². The first-order chi connectivity index (χ1) is 7.83. The predicted molar refractivity (Wildman–Crippen MR) is 54.3 cm³/mol. The molecule has 0 aliphatic heterocycles. The number of benzene rings is 1. The van der Waals surface area contributed by atoms with Gasteiger partial charge in [-0.15, -0.1) is 0 Å². The lowest BCUT2D eigenvalue weighted by molar-refractivity contribution is -0.385. The van der Waals surface area contributed by atoms with Crippen molar-refractivity contribution >= 4 is 15.7 Å². The zero-order valence-corrected chi connectivity index (χ0v) is 9.15. The third kappa shape index (κ3) is 3.71. The Kier molecular flexibility index (Phi) is 4.07. The van der Waals surface area contributed by atoms with Crippen LogP contribution < -0.4 is 4.72 Å². The molecule has 1 N–H and O–H groups in total. The summed E-state index contributed by atoms with van der Waals surface area (Å²) in [6.45, 7) is -1.04. The summed E-state index contributed by atoms with van der Waals surface area (Å²) < 4.78 is 48.2. The average molecular weight is 266 g/mol. The molecule has 0 saturated heterocycles. The molecule has 0 spiro atoms. The van der Waals surface area contributed by atoms with Gasteiger partial charge in [-0.25, -0.2) is 21.9 Å². The van der Waals surface area contributed by atoms with E-state index in [4.69, 9.17) is 0 Å². The molecule has 0 fully saturated rings. The summed E-state index contributed by atoms with van der Waals surface area (Å²) in [5.74, 6) is 0. The molecule has 0 heterocycles. The molecule has 1 aromatic rings. The highest BCUT2D eigenvalue weighted by Gasteiger charge is 2.18. The van der Waals surface area contributed by atoms with Gasteiger partial charge >= 0.3 is 0 Å². The lowest BCUT2D eigenvalue weighted by Gasteiger charge is -2.05. The predicted octanol–water partition coefficient (Wildman–Crippen LogP) is 1.14. The van der Waals surface area contributed by atoms with Gasteiger partial charge in [0.25, 0.3) is 12.1 Å². The maximum absolute atomic E-state index is 11.9. The number of halogens is 2. The number of nitrogens with one attached hydrogen (secondary N) is 1. The van der Waals surface area contributed by atoms with Crippen molar-refractivity contribution in [2.24, 2.45) is 0 Å². The largest absolute Gasteiger partial charge is 0.270 e. The highest BCUT2D eigenvalue weighted by Crippen LogP contribution is 2.17. The van der Waals surface area contributed by atoms with Crippen LogP contribution in [0.5, 0.6) is 0 Å². The molecule has 1 rings (SSSR count). The highest BCUT2D eigenvalue weighted by atomic mass is 32.2. The van der Waals surface area contributed by atoms with Crippen molar-refractivity contribution in [3.8, 4) is 0 Å². The fraction of sp³-hybridized carbons (Fsp3) is 0.250. The SMILES string of the molecule is O=[N+]([O-])c1cccc(S(=O)(=O)NCC(F)F)c1. The van der Waals surface area contributed by atoms with Crippen molar-refractivity contribution in [1.82, 2.24) is 4.72 Å². The molecule has 0 unspecified atom stereocenters. The van der Waals surface area contributed by atoms with E-state index in [1.54, 1.807) is 4.72 Å². The van der Waals surface area contributed by atoms with E-state index in [9.17, 15) is 27.3 Å². The van der Waals surface area contributed by atoms with Crippen LogP contribution in [0.4, 0.5) is 14.5 Å². The summed E-state index contributed by atoms with van der Waals surface area (Å²) in [5.41, 5.74) is -0.426. The Morgan fingerprint density at radius 1 is 1.41 bits per heavy atom. The fourth-order valence-electron chi connectivity index (χ4n) is 1.02. The van der Waals surface area contributed by atoms with Crippen LogP contribution in [-0.2, 0) is 10.0 Å². The minimum atomic E-state index is -4.15. The van der Waals surface area contributed by atoms with Crippen molar-refractivity contribution in [3.63, 3.8) is 0 Å². The summed E-state index contributed by atoms with van der Waals surface area (Å²) in [6.07, 6.45) is -2.83. The van der Waals surface area contributed by atoms with Gasteiger partial charge in [0, 0.05) is 12.1 Å². The Bertz CT molecular complexity index is 518. The van der Waals surface area contributed by atoms with Crippen LogP contribution in [-0.4, -0.2) is 26.3 Å². The topological polar surface area (TPSA) is 89.3 Å². The first kappa shape index (κ1) is 13.5.